The van der Waals surface area contributed by atoms with Crippen LogP contribution >= 0.6 is 0 Å². The number of aryl methyl sites for hydroxylation is 3. The van der Waals surface area contributed by atoms with E-state index >= 15 is 0 Å². The molecular weight excluding hydrogens is 448 g/mol. The molecule has 0 atom stereocenters. The van der Waals surface area contributed by atoms with Crippen molar-refractivity contribution in [3.05, 3.63) is 119 Å². The molecule has 2 aromatic carbocycles. The maximum Gasteiger partial charge on any atom is 0.255 e. The first-order valence-corrected chi connectivity index (χ1v) is 11.7. The molecule has 0 unspecified atom stereocenters. The maximum atomic E-state index is 13.2. The van der Waals surface area contributed by atoms with Gasteiger partial charge in [0.15, 0.2) is 0 Å². The fourth-order valence-electron chi connectivity index (χ4n) is 4.08. The van der Waals surface area contributed by atoms with Crippen molar-refractivity contribution in [2.75, 3.05) is 5.32 Å². The minimum absolute atomic E-state index is 0.167. The van der Waals surface area contributed by atoms with Crippen LogP contribution in [0.25, 0.3) is 16.9 Å². The summed E-state index contributed by atoms with van der Waals surface area (Å²) in [5.41, 5.74) is 8.09. The number of rotatable bonds is 6. The molecule has 5 aromatic rings. The summed E-state index contributed by atoms with van der Waals surface area (Å²) >= 11 is 0. The largest absolute Gasteiger partial charge is 0.322 e. The zero-order valence-electron chi connectivity index (χ0n) is 20.4. The number of amides is 1. The summed E-state index contributed by atoms with van der Waals surface area (Å²) in [7, 11) is 0. The van der Waals surface area contributed by atoms with E-state index in [4.69, 9.17) is 4.98 Å². The van der Waals surface area contributed by atoms with Crippen molar-refractivity contribution in [1.82, 2.24) is 24.5 Å². The van der Waals surface area contributed by atoms with Crippen molar-refractivity contribution in [2.45, 2.75) is 27.2 Å². The van der Waals surface area contributed by atoms with Gasteiger partial charge in [-0.25, -0.2) is 15.0 Å². The predicted octanol–water partition coefficient (Wildman–Crippen LogP) is 5.49. The Kier molecular flexibility index (Phi) is 6.36. The topological polar surface area (TPSA) is 85.6 Å². The number of nitrogens with zero attached hydrogens (tertiary/aromatic N) is 5. The van der Waals surface area contributed by atoms with Crippen molar-refractivity contribution >= 4 is 11.6 Å². The average Bonchev–Trinajstić information content (AvgIpc) is 3.32. The molecule has 36 heavy (non-hydrogen) atoms. The second-order valence-corrected chi connectivity index (χ2v) is 8.85. The molecule has 0 radical (unpaired) electrons. The van der Waals surface area contributed by atoms with Gasteiger partial charge in [-0.05, 0) is 86.0 Å². The van der Waals surface area contributed by atoms with Gasteiger partial charge in [-0.1, -0.05) is 6.07 Å². The number of carbonyl (C=O) groups is 1. The number of imidazole rings is 1. The van der Waals surface area contributed by atoms with Crippen LogP contribution in [0.4, 0.5) is 5.69 Å². The lowest BCUT2D eigenvalue weighted by Gasteiger charge is -2.12. The van der Waals surface area contributed by atoms with Gasteiger partial charge in [-0.3, -0.25) is 9.78 Å². The third-order valence-electron chi connectivity index (χ3n) is 5.95. The molecule has 0 bridgehead atoms. The smallest absolute Gasteiger partial charge is 0.255 e. The van der Waals surface area contributed by atoms with E-state index < -0.39 is 0 Å². The molecule has 178 valence electrons. The van der Waals surface area contributed by atoms with E-state index in [0.29, 0.717) is 17.8 Å². The van der Waals surface area contributed by atoms with E-state index in [1.54, 1.807) is 24.9 Å². The van der Waals surface area contributed by atoms with Gasteiger partial charge in [-0.15, -0.1) is 0 Å². The highest BCUT2D eigenvalue weighted by Crippen LogP contribution is 2.21. The Bertz CT molecular complexity index is 1540. The molecule has 0 saturated carbocycles. The standard InChI is InChI=1S/C29H26N6O/c1-19-11-25(15-26(12-19)35-17-21(3)32-18-35)33-29(36)22-7-6-20(2)24(13-22)14-28-31-10-8-27(34-28)23-5-4-9-30-16-23/h4-13,15-18H,14H2,1-3H3,(H,33,36). The first-order chi connectivity index (χ1) is 17.4. The Morgan fingerprint density at radius 1 is 0.972 bits per heavy atom. The first kappa shape index (κ1) is 23.1. The van der Waals surface area contributed by atoms with Crippen molar-refractivity contribution < 1.29 is 4.79 Å². The molecule has 0 aliphatic carbocycles. The number of nitrogens with one attached hydrogen (secondary N) is 1. The number of benzene rings is 2. The minimum Gasteiger partial charge on any atom is -0.322 e. The highest BCUT2D eigenvalue weighted by Gasteiger charge is 2.12. The Hall–Kier alpha value is -4.65. The summed E-state index contributed by atoms with van der Waals surface area (Å²) < 4.78 is 1.95. The number of hydrogen-bond donors (Lipinski definition) is 1. The van der Waals surface area contributed by atoms with E-state index in [9.17, 15) is 4.79 Å². The van der Waals surface area contributed by atoms with Crippen molar-refractivity contribution in [1.29, 1.82) is 0 Å². The molecule has 7 heteroatoms. The van der Waals surface area contributed by atoms with Gasteiger partial charge in [0.25, 0.3) is 5.91 Å². The zero-order valence-corrected chi connectivity index (χ0v) is 20.4. The predicted molar refractivity (Wildman–Crippen MR) is 140 cm³/mol. The summed E-state index contributed by atoms with van der Waals surface area (Å²) in [6, 6.07) is 17.4. The molecule has 0 fully saturated rings. The third-order valence-corrected chi connectivity index (χ3v) is 5.95. The number of pyridine rings is 1. The summed E-state index contributed by atoms with van der Waals surface area (Å²) in [4.78, 5) is 30.8. The number of carbonyl (C=O) groups excluding carboxylic acids is 1. The van der Waals surface area contributed by atoms with Crippen LogP contribution < -0.4 is 5.32 Å². The molecule has 0 aliphatic rings. The molecule has 0 spiro atoms. The van der Waals surface area contributed by atoms with E-state index in [2.05, 4.69) is 26.3 Å². The maximum absolute atomic E-state index is 13.2. The summed E-state index contributed by atoms with van der Waals surface area (Å²) in [6.45, 7) is 5.98. The highest BCUT2D eigenvalue weighted by atomic mass is 16.1. The lowest BCUT2D eigenvalue weighted by atomic mass is 10.0. The van der Waals surface area contributed by atoms with Crippen molar-refractivity contribution in [3.63, 3.8) is 0 Å². The summed E-state index contributed by atoms with van der Waals surface area (Å²) in [5.74, 6) is 0.524. The molecule has 0 saturated heterocycles. The highest BCUT2D eigenvalue weighted by molar-refractivity contribution is 6.04. The Morgan fingerprint density at radius 3 is 2.64 bits per heavy atom. The Balaban J connectivity index is 1.37. The van der Waals surface area contributed by atoms with E-state index in [1.807, 2.05) is 80.1 Å². The van der Waals surface area contributed by atoms with Crippen LogP contribution in [0.2, 0.25) is 0 Å². The van der Waals surface area contributed by atoms with E-state index in [-0.39, 0.29) is 5.91 Å². The molecule has 7 nitrogen and oxygen atoms in total. The van der Waals surface area contributed by atoms with Crippen LogP contribution in [0.15, 0.2) is 85.7 Å². The Labute approximate surface area is 209 Å². The first-order valence-electron chi connectivity index (χ1n) is 11.7. The van der Waals surface area contributed by atoms with Gasteiger partial charge in [0.05, 0.1) is 17.7 Å². The van der Waals surface area contributed by atoms with Gasteiger partial charge in [0, 0.05) is 53.7 Å². The van der Waals surface area contributed by atoms with Crippen LogP contribution in [0, 0.1) is 20.8 Å². The molecule has 1 amide bonds. The van der Waals surface area contributed by atoms with Gasteiger partial charge in [0.2, 0.25) is 0 Å². The Morgan fingerprint density at radius 2 is 1.86 bits per heavy atom. The number of aromatic nitrogens is 5. The van der Waals surface area contributed by atoms with E-state index in [1.165, 1.54) is 0 Å². The zero-order chi connectivity index (χ0) is 25.1. The van der Waals surface area contributed by atoms with Crippen LogP contribution in [-0.4, -0.2) is 30.4 Å². The second kappa shape index (κ2) is 9.92. The van der Waals surface area contributed by atoms with Crippen LogP contribution in [0.3, 0.4) is 0 Å². The molecule has 3 aromatic heterocycles. The molecule has 5 rings (SSSR count). The van der Waals surface area contributed by atoms with Crippen LogP contribution in [0.5, 0.6) is 0 Å². The van der Waals surface area contributed by atoms with Crippen LogP contribution in [0.1, 0.15) is 38.6 Å². The van der Waals surface area contributed by atoms with Gasteiger partial charge < -0.3 is 9.88 Å². The van der Waals surface area contributed by atoms with E-state index in [0.717, 1.165) is 45.0 Å². The fraction of sp³-hybridized carbons (Fsp3) is 0.138. The summed E-state index contributed by atoms with van der Waals surface area (Å²) in [6.07, 6.45) is 9.53. The third kappa shape index (κ3) is 5.20. The molecular formula is C29H26N6O. The van der Waals surface area contributed by atoms with Gasteiger partial charge in [0.1, 0.15) is 5.82 Å². The normalized spacial score (nSPS) is 10.9. The fourth-order valence-corrected chi connectivity index (χ4v) is 4.08. The second-order valence-electron chi connectivity index (χ2n) is 8.85. The minimum atomic E-state index is -0.167. The van der Waals surface area contributed by atoms with Gasteiger partial charge in [-0.2, -0.15) is 0 Å². The van der Waals surface area contributed by atoms with Crippen molar-refractivity contribution in [3.8, 4) is 16.9 Å². The van der Waals surface area contributed by atoms with Crippen LogP contribution in [-0.2, 0) is 6.42 Å². The monoisotopic (exact) mass is 474 g/mol. The van der Waals surface area contributed by atoms with Gasteiger partial charge >= 0.3 is 0 Å². The van der Waals surface area contributed by atoms with Crippen molar-refractivity contribution in [2.24, 2.45) is 0 Å². The lowest BCUT2D eigenvalue weighted by molar-refractivity contribution is 0.102. The number of hydrogen-bond acceptors (Lipinski definition) is 5. The SMILES string of the molecule is Cc1cc(NC(=O)c2ccc(C)c(Cc3nccc(-c4cccnc4)n3)c2)cc(-n2cnc(C)c2)c1. The number of anilines is 1. The molecule has 1 N–H and O–H groups in total. The quantitative estimate of drug-likeness (QED) is 0.352. The average molecular weight is 475 g/mol. The lowest BCUT2D eigenvalue weighted by Crippen LogP contribution is -2.13. The molecule has 0 aliphatic heterocycles. The summed E-state index contributed by atoms with van der Waals surface area (Å²) in [5, 5.41) is 3.05. The molecule has 3 heterocycles.